The fraction of sp³-hybridized carbons (Fsp3) is 0.267. The maximum Gasteiger partial charge on any atom is 0.248 e. The topological polar surface area (TPSA) is 111 Å². The van der Waals surface area contributed by atoms with Crippen LogP contribution in [0.15, 0.2) is 79.3 Å². The molecule has 10 heteroatoms. The maximum absolute atomic E-state index is 12.7. The van der Waals surface area contributed by atoms with Gasteiger partial charge < -0.3 is 29.7 Å². The molecular formula is C30H32N6O4. The number of benzene rings is 2. The van der Waals surface area contributed by atoms with Gasteiger partial charge in [0, 0.05) is 42.4 Å². The summed E-state index contributed by atoms with van der Waals surface area (Å²) in [5.74, 6) is 1.62. The van der Waals surface area contributed by atoms with E-state index in [-0.39, 0.29) is 12.0 Å². The summed E-state index contributed by atoms with van der Waals surface area (Å²) in [5.41, 5.74) is 2.90. The lowest BCUT2D eigenvalue weighted by Crippen LogP contribution is -2.18. The van der Waals surface area contributed by atoms with Crippen LogP contribution in [0.1, 0.15) is 12.1 Å². The third-order valence-corrected chi connectivity index (χ3v) is 6.15. The minimum atomic E-state index is -0.249. The Labute approximate surface area is 233 Å². The summed E-state index contributed by atoms with van der Waals surface area (Å²) in [5, 5.41) is 7.05. The standard InChI is InChI=1S/C30H32N6O4/c1-36(2)14-5-7-29(37)35-27-16-25-26(17-28(27)40-24-12-15-38-19-24)32-20-33-30(25)34-21-8-10-23(11-9-21)39-18-22-6-3-4-13-31-22/h3-11,13,16-17,20,24H,12,14-15,18-19H2,1-2H3,(H,35,37)(H,32,33,34)/b7-5+/t24-/m0/s1. The average Bonchev–Trinajstić information content (AvgIpc) is 3.47. The molecule has 1 aliphatic heterocycles. The molecule has 0 aliphatic carbocycles. The molecule has 0 bridgehead atoms. The number of ether oxygens (including phenoxy) is 3. The zero-order chi connectivity index (χ0) is 27.7. The van der Waals surface area contributed by atoms with Crippen LogP contribution < -0.4 is 20.1 Å². The second-order valence-electron chi connectivity index (χ2n) is 9.60. The number of nitrogens with zero attached hydrogens (tertiary/aromatic N) is 4. The second-order valence-corrected chi connectivity index (χ2v) is 9.60. The van der Waals surface area contributed by atoms with E-state index in [0.717, 1.165) is 28.9 Å². The van der Waals surface area contributed by atoms with Crippen molar-refractivity contribution in [2.45, 2.75) is 19.1 Å². The van der Waals surface area contributed by atoms with Crippen LogP contribution in [0.5, 0.6) is 11.5 Å². The minimum Gasteiger partial charge on any atom is -0.487 e. The number of nitrogens with one attached hydrogen (secondary N) is 2. The largest absolute Gasteiger partial charge is 0.487 e. The Hall–Kier alpha value is -4.54. The van der Waals surface area contributed by atoms with Crippen molar-refractivity contribution in [2.75, 3.05) is 44.5 Å². The lowest BCUT2D eigenvalue weighted by Gasteiger charge is -2.17. The second kappa shape index (κ2) is 13.0. The average molecular weight is 541 g/mol. The first kappa shape index (κ1) is 27.0. The third-order valence-electron chi connectivity index (χ3n) is 6.15. The molecular weight excluding hydrogens is 508 g/mol. The normalized spacial score (nSPS) is 15.0. The molecule has 0 unspecified atom stereocenters. The number of hydrogen-bond acceptors (Lipinski definition) is 9. The lowest BCUT2D eigenvalue weighted by molar-refractivity contribution is -0.111. The van der Waals surface area contributed by atoms with Gasteiger partial charge >= 0.3 is 0 Å². The van der Waals surface area contributed by atoms with Crippen molar-refractivity contribution in [3.05, 3.63) is 85.0 Å². The van der Waals surface area contributed by atoms with Gasteiger partial charge in [0.15, 0.2) is 0 Å². The molecule has 206 valence electrons. The SMILES string of the molecule is CN(C)C/C=C/C(=O)Nc1cc2c(Nc3ccc(OCc4ccccn4)cc3)ncnc2cc1O[C@H]1CCOC1. The van der Waals surface area contributed by atoms with Crippen LogP contribution in [0.4, 0.5) is 17.2 Å². The highest BCUT2D eigenvalue weighted by Gasteiger charge is 2.20. The first-order valence-electron chi connectivity index (χ1n) is 13.1. The van der Waals surface area contributed by atoms with Gasteiger partial charge in [-0.3, -0.25) is 9.78 Å². The molecule has 2 N–H and O–H groups in total. The predicted molar refractivity (Wildman–Crippen MR) is 154 cm³/mol. The molecule has 2 aromatic heterocycles. The summed E-state index contributed by atoms with van der Waals surface area (Å²) >= 11 is 0. The summed E-state index contributed by atoms with van der Waals surface area (Å²) in [6.45, 7) is 2.20. The molecule has 3 heterocycles. The number of carbonyl (C=O) groups is 1. The molecule has 1 amide bonds. The van der Waals surface area contributed by atoms with E-state index in [2.05, 4.69) is 25.6 Å². The Morgan fingerprint density at radius 3 is 2.75 bits per heavy atom. The number of pyridine rings is 1. The van der Waals surface area contributed by atoms with Crippen LogP contribution in [0.2, 0.25) is 0 Å². The van der Waals surface area contributed by atoms with E-state index < -0.39 is 0 Å². The first-order valence-corrected chi connectivity index (χ1v) is 13.1. The fourth-order valence-electron chi connectivity index (χ4n) is 4.12. The van der Waals surface area contributed by atoms with Gasteiger partial charge in [0.2, 0.25) is 5.91 Å². The van der Waals surface area contributed by atoms with Crippen LogP contribution in [0, 0.1) is 0 Å². The molecule has 5 rings (SSSR count). The molecule has 40 heavy (non-hydrogen) atoms. The van der Waals surface area contributed by atoms with Crippen LogP contribution in [-0.4, -0.2) is 65.7 Å². The Morgan fingerprint density at radius 2 is 2.00 bits per heavy atom. The Morgan fingerprint density at radius 1 is 1.12 bits per heavy atom. The number of aromatic nitrogens is 3. The zero-order valence-corrected chi connectivity index (χ0v) is 22.5. The summed E-state index contributed by atoms with van der Waals surface area (Å²) in [6.07, 6.45) is 7.27. The molecule has 0 spiro atoms. The molecule has 1 aliphatic rings. The smallest absolute Gasteiger partial charge is 0.248 e. The highest BCUT2D eigenvalue weighted by Crippen LogP contribution is 2.35. The molecule has 2 aromatic carbocycles. The van der Waals surface area contributed by atoms with Gasteiger partial charge in [-0.05, 0) is 56.6 Å². The lowest BCUT2D eigenvalue weighted by atomic mass is 10.1. The highest BCUT2D eigenvalue weighted by molar-refractivity contribution is 6.03. The number of likely N-dealkylation sites (N-methyl/N-ethyl adjacent to an activating group) is 1. The summed E-state index contributed by atoms with van der Waals surface area (Å²) in [4.78, 5) is 27.9. The fourth-order valence-corrected chi connectivity index (χ4v) is 4.12. The van der Waals surface area contributed by atoms with Gasteiger partial charge in [-0.15, -0.1) is 0 Å². The minimum absolute atomic E-state index is 0.0878. The van der Waals surface area contributed by atoms with Crippen LogP contribution in [0.25, 0.3) is 10.9 Å². The Bertz CT molecular complexity index is 1450. The van der Waals surface area contributed by atoms with E-state index >= 15 is 0 Å². The predicted octanol–water partition coefficient (Wildman–Crippen LogP) is 4.57. The van der Waals surface area contributed by atoms with Crippen LogP contribution >= 0.6 is 0 Å². The number of anilines is 3. The van der Waals surface area contributed by atoms with Crippen molar-refractivity contribution in [3.8, 4) is 11.5 Å². The van der Waals surface area contributed by atoms with E-state index in [1.807, 2.05) is 79.7 Å². The van der Waals surface area contributed by atoms with Gasteiger partial charge in [-0.2, -0.15) is 0 Å². The summed E-state index contributed by atoms with van der Waals surface area (Å²) in [7, 11) is 3.89. The molecule has 0 saturated carbocycles. The Balaban J connectivity index is 1.36. The maximum atomic E-state index is 12.7. The van der Waals surface area contributed by atoms with E-state index in [4.69, 9.17) is 14.2 Å². The quantitative estimate of drug-likeness (QED) is 0.264. The first-order chi connectivity index (χ1) is 19.5. The molecule has 10 nitrogen and oxygen atoms in total. The van der Waals surface area contributed by atoms with Gasteiger partial charge in [0.05, 0.1) is 30.1 Å². The number of carbonyl (C=O) groups excluding carboxylic acids is 1. The number of amides is 1. The van der Waals surface area contributed by atoms with Gasteiger partial charge in [0.25, 0.3) is 0 Å². The van der Waals surface area contributed by atoms with Crippen molar-refractivity contribution in [1.82, 2.24) is 19.9 Å². The van der Waals surface area contributed by atoms with E-state index in [9.17, 15) is 4.79 Å². The van der Waals surface area contributed by atoms with Crippen molar-refractivity contribution in [1.29, 1.82) is 0 Å². The van der Waals surface area contributed by atoms with Crippen molar-refractivity contribution >= 4 is 34.0 Å². The molecule has 0 radical (unpaired) electrons. The van der Waals surface area contributed by atoms with Crippen molar-refractivity contribution in [2.24, 2.45) is 0 Å². The van der Waals surface area contributed by atoms with Gasteiger partial charge in [0.1, 0.15) is 36.4 Å². The summed E-state index contributed by atoms with van der Waals surface area (Å²) < 4.78 is 17.5. The molecule has 4 aromatic rings. The van der Waals surface area contributed by atoms with Crippen LogP contribution in [-0.2, 0) is 16.1 Å². The van der Waals surface area contributed by atoms with E-state index in [1.165, 1.54) is 12.4 Å². The van der Waals surface area contributed by atoms with E-state index in [1.54, 1.807) is 6.20 Å². The molecule has 1 atom stereocenters. The van der Waals surface area contributed by atoms with Crippen LogP contribution in [0.3, 0.4) is 0 Å². The van der Waals surface area contributed by atoms with E-state index in [0.29, 0.717) is 49.1 Å². The van der Waals surface area contributed by atoms with Crippen molar-refractivity contribution < 1.29 is 19.0 Å². The highest BCUT2D eigenvalue weighted by atomic mass is 16.5. The Kier molecular flexibility index (Phi) is 8.79. The molecule has 1 fully saturated rings. The van der Waals surface area contributed by atoms with Gasteiger partial charge in [-0.1, -0.05) is 12.1 Å². The summed E-state index contributed by atoms with van der Waals surface area (Å²) in [6, 6.07) is 17.0. The zero-order valence-electron chi connectivity index (χ0n) is 22.5. The third kappa shape index (κ3) is 7.31. The number of fused-ring (bicyclic) bond motifs is 1. The van der Waals surface area contributed by atoms with Gasteiger partial charge in [-0.25, -0.2) is 9.97 Å². The number of hydrogen-bond donors (Lipinski definition) is 2. The monoisotopic (exact) mass is 540 g/mol. The molecule has 1 saturated heterocycles. The van der Waals surface area contributed by atoms with Crippen molar-refractivity contribution in [3.63, 3.8) is 0 Å². The number of rotatable bonds is 11.